The van der Waals surface area contributed by atoms with Crippen LogP contribution in [0.15, 0.2) is 78.9 Å². The summed E-state index contributed by atoms with van der Waals surface area (Å²) in [5.74, 6) is 0.964. The molecule has 0 unspecified atom stereocenters. The first-order valence-electron chi connectivity index (χ1n) is 8.32. The molecule has 3 aromatic rings. The van der Waals surface area contributed by atoms with Crippen LogP contribution in [-0.4, -0.2) is 12.5 Å². The summed E-state index contributed by atoms with van der Waals surface area (Å²) in [6.45, 7) is 0.349. The first kappa shape index (κ1) is 17.5. The van der Waals surface area contributed by atoms with Crippen LogP contribution < -0.4 is 15.4 Å². The number of nitrogens with one attached hydrogen (secondary N) is 2. The maximum Gasteiger partial charge on any atom is 0.226 e. The van der Waals surface area contributed by atoms with E-state index >= 15 is 0 Å². The lowest BCUT2D eigenvalue weighted by molar-refractivity contribution is -0.115. The van der Waals surface area contributed by atoms with E-state index in [0.29, 0.717) is 23.7 Å². The van der Waals surface area contributed by atoms with Gasteiger partial charge in [0.25, 0.3) is 0 Å². The Kier molecular flexibility index (Phi) is 5.83. The Balaban J connectivity index is 1.46. The largest absolute Gasteiger partial charge is 0.457 e. The summed E-state index contributed by atoms with van der Waals surface area (Å²) < 4.78 is 19.2. The number of benzene rings is 3. The van der Waals surface area contributed by atoms with E-state index in [-0.39, 0.29) is 18.1 Å². The number of hydrogen-bond donors (Lipinski definition) is 2. The van der Waals surface area contributed by atoms with Crippen molar-refractivity contribution in [2.45, 2.75) is 6.42 Å². The number of halogens is 1. The number of anilines is 2. The molecule has 0 atom stereocenters. The van der Waals surface area contributed by atoms with Crippen molar-refractivity contribution in [3.05, 3.63) is 84.7 Å². The fourth-order valence-corrected chi connectivity index (χ4v) is 2.37. The third kappa shape index (κ3) is 5.08. The average Bonchev–Trinajstić information content (AvgIpc) is 2.66. The lowest BCUT2D eigenvalue weighted by atomic mass is 10.2. The molecule has 4 nitrogen and oxygen atoms in total. The molecular formula is C21H19FN2O2. The topological polar surface area (TPSA) is 50.4 Å². The minimum absolute atomic E-state index is 0.148. The summed E-state index contributed by atoms with van der Waals surface area (Å²) in [5, 5.41) is 5.72. The van der Waals surface area contributed by atoms with Crippen molar-refractivity contribution < 1.29 is 13.9 Å². The normalized spacial score (nSPS) is 10.2. The van der Waals surface area contributed by atoms with Gasteiger partial charge in [-0.15, -0.1) is 0 Å². The molecule has 0 spiro atoms. The predicted octanol–water partition coefficient (Wildman–Crippen LogP) is 5.06. The van der Waals surface area contributed by atoms with Crippen LogP contribution in [0, 0.1) is 5.82 Å². The monoisotopic (exact) mass is 350 g/mol. The minimum atomic E-state index is -0.332. The number of carbonyl (C=O) groups is 1. The summed E-state index contributed by atoms with van der Waals surface area (Å²) in [7, 11) is 0. The Morgan fingerprint density at radius 3 is 2.23 bits per heavy atom. The second-order valence-electron chi connectivity index (χ2n) is 5.64. The number of para-hydroxylation sites is 2. The van der Waals surface area contributed by atoms with Gasteiger partial charge in [-0.05, 0) is 48.5 Å². The summed E-state index contributed by atoms with van der Waals surface area (Å²) >= 11 is 0. The van der Waals surface area contributed by atoms with Gasteiger partial charge in [0.05, 0.1) is 5.69 Å². The first-order valence-corrected chi connectivity index (χ1v) is 8.32. The van der Waals surface area contributed by atoms with Crippen LogP contribution in [0.2, 0.25) is 0 Å². The summed E-state index contributed by atoms with van der Waals surface area (Å²) in [6.07, 6.45) is 0.233. The van der Waals surface area contributed by atoms with Crippen LogP contribution in [-0.2, 0) is 4.79 Å². The smallest absolute Gasteiger partial charge is 0.226 e. The highest BCUT2D eigenvalue weighted by atomic mass is 19.1. The van der Waals surface area contributed by atoms with Crippen LogP contribution >= 0.6 is 0 Å². The number of rotatable bonds is 7. The minimum Gasteiger partial charge on any atom is -0.457 e. The SMILES string of the molecule is O=C(CCNc1ccccc1F)Nc1ccc(Oc2ccccc2)cc1. The Labute approximate surface area is 151 Å². The quantitative estimate of drug-likeness (QED) is 0.626. The highest BCUT2D eigenvalue weighted by Crippen LogP contribution is 2.22. The third-order valence-corrected chi connectivity index (χ3v) is 3.66. The fourth-order valence-electron chi connectivity index (χ4n) is 2.37. The van der Waals surface area contributed by atoms with Gasteiger partial charge in [0.1, 0.15) is 17.3 Å². The van der Waals surface area contributed by atoms with E-state index in [4.69, 9.17) is 4.74 Å². The molecule has 0 saturated carbocycles. The lowest BCUT2D eigenvalue weighted by Crippen LogP contribution is -2.16. The molecule has 0 saturated heterocycles. The van der Waals surface area contributed by atoms with E-state index < -0.39 is 0 Å². The van der Waals surface area contributed by atoms with Crippen molar-refractivity contribution >= 4 is 17.3 Å². The Bertz CT molecular complexity index is 851. The van der Waals surface area contributed by atoms with Crippen molar-refractivity contribution in [3.63, 3.8) is 0 Å². The maximum absolute atomic E-state index is 13.5. The summed E-state index contributed by atoms with van der Waals surface area (Å²) in [4.78, 5) is 12.0. The molecule has 0 fully saturated rings. The molecule has 0 bridgehead atoms. The molecule has 0 radical (unpaired) electrons. The molecule has 0 heterocycles. The fraction of sp³-hybridized carbons (Fsp3) is 0.0952. The van der Waals surface area contributed by atoms with Gasteiger partial charge < -0.3 is 15.4 Å². The Hall–Kier alpha value is -3.34. The predicted molar refractivity (Wildman–Crippen MR) is 101 cm³/mol. The van der Waals surface area contributed by atoms with Crippen LogP contribution in [0.4, 0.5) is 15.8 Å². The van der Waals surface area contributed by atoms with Gasteiger partial charge in [-0.2, -0.15) is 0 Å². The third-order valence-electron chi connectivity index (χ3n) is 3.66. The van der Waals surface area contributed by atoms with Crippen molar-refractivity contribution in [1.82, 2.24) is 0 Å². The Morgan fingerprint density at radius 1 is 0.846 bits per heavy atom. The molecule has 0 aromatic heterocycles. The van der Waals surface area contributed by atoms with Crippen molar-refractivity contribution in [2.75, 3.05) is 17.2 Å². The standard InChI is InChI=1S/C21H19FN2O2/c22-19-8-4-5-9-20(19)23-15-14-21(25)24-16-10-12-18(13-11-16)26-17-6-2-1-3-7-17/h1-13,23H,14-15H2,(H,24,25). The van der Waals surface area contributed by atoms with E-state index in [1.54, 1.807) is 42.5 Å². The molecule has 3 rings (SSSR count). The van der Waals surface area contributed by atoms with Crippen molar-refractivity contribution in [1.29, 1.82) is 0 Å². The highest BCUT2D eigenvalue weighted by Gasteiger charge is 2.05. The second-order valence-corrected chi connectivity index (χ2v) is 5.64. The van der Waals surface area contributed by atoms with E-state index in [0.717, 1.165) is 5.75 Å². The summed E-state index contributed by atoms with van der Waals surface area (Å²) in [5.41, 5.74) is 1.07. The van der Waals surface area contributed by atoms with Gasteiger partial charge in [0.2, 0.25) is 5.91 Å². The van der Waals surface area contributed by atoms with Gasteiger partial charge in [-0.25, -0.2) is 4.39 Å². The van der Waals surface area contributed by atoms with Gasteiger partial charge in [0, 0.05) is 18.7 Å². The van der Waals surface area contributed by atoms with Crippen LogP contribution in [0.1, 0.15) is 6.42 Å². The van der Waals surface area contributed by atoms with Crippen LogP contribution in [0.25, 0.3) is 0 Å². The first-order chi connectivity index (χ1) is 12.7. The molecule has 26 heavy (non-hydrogen) atoms. The second kappa shape index (κ2) is 8.67. The molecule has 1 amide bonds. The van der Waals surface area contributed by atoms with Gasteiger partial charge in [-0.3, -0.25) is 4.79 Å². The number of hydrogen-bond acceptors (Lipinski definition) is 3. The van der Waals surface area contributed by atoms with Crippen molar-refractivity contribution in [2.24, 2.45) is 0 Å². The zero-order chi connectivity index (χ0) is 18.2. The molecule has 0 aliphatic rings. The number of amides is 1. The maximum atomic E-state index is 13.5. The molecule has 5 heteroatoms. The molecule has 0 aliphatic carbocycles. The van der Waals surface area contributed by atoms with Gasteiger partial charge in [-0.1, -0.05) is 30.3 Å². The zero-order valence-corrected chi connectivity index (χ0v) is 14.1. The highest BCUT2D eigenvalue weighted by molar-refractivity contribution is 5.91. The van der Waals surface area contributed by atoms with Crippen LogP contribution in [0.3, 0.4) is 0 Å². The lowest BCUT2D eigenvalue weighted by Gasteiger charge is -2.09. The van der Waals surface area contributed by atoms with Crippen molar-refractivity contribution in [3.8, 4) is 11.5 Å². The van der Waals surface area contributed by atoms with E-state index in [1.807, 2.05) is 30.3 Å². The molecule has 132 valence electrons. The van der Waals surface area contributed by atoms with E-state index in [2.05, 4.69) is 10.6 Å². The van der Waals surface area contributed by atoms with E-state index in [9.17, 15) is 9.18 Å². The number of carbonyl (C=O) groups excluding carboxylic acids is 1. The van der Waals surface area contributed by atoms with Gasteiger partial charge in [0.15, 0.2) is 0 Å². The molecule has 0 aliphatic heterocycles. The van der Waals surface area contributed by atoms with Crippen LogP contribution in [0.5, 0.6) is 11.5 Å². The zero-order valence-electron chi connectivity index (χ0n) is 14.1. The molecule has 2 N–H and O–H groups in total. The van der Waals surface area contributed by atoms with E-state index in [1.165, 1.54) is 6.07 Å². The molecular weight excluding hydrogens is 331 g/mol. The molecule has 3 aromatic carbocycles. The average molecular weight is 350 g/mol. The summed E-state index contributed by atoms with van der Waals surface area (Å²) in [6, 6.07) is 23.0. The Morgan fingerprint density at radius 2 is 1.50 bits per heavy atom. The number of ether oxygens (including phenoxy) is 1. The van der Waals surface area contributed by atoms with Gasteiger partial charge >= 0.3 is 0 Å².